The van der Waals surface area contributed by atoms with Crippen LogP contribution in [0.2, 0.25) is 0 Å². The van der Waals surface area contributed by atoms with E-state index in [1.165, 1.54) is 0 Å². The number of carbonyl (C=O) groups excluding carboxylic acids is 2. The van der Waals surface area contributed by atoms with E-state index in [-0.39, 0.29) is 6.42 Å². The number of alkyl halides is 3. The summed E-state index contributed by atoms with van der Waals surface area (Å²) in [5.41, 5.74) is 3.88. The Bertz CT molecular complexity index is 1310. The molecule has 6 nitrogen and oxygen atoms in total. The Labute approximate surface area is 198 Å². The number of anilines is 1. The van der Waals surface area contributed by atoms with E-state index in [0.29, 0.717) is 17.6 Å². The second-order valence-electron chi connectivity index (χ2n) is 7.77. The molecule has 35 heavy (non-hydrogen) atoms. The molecule has 0 bridgehead atoms. The third-order valence-corrected chi connectivity index (χ3v) is 5.23. The first-order valence-corrected chi connectivity index (χ1v) is 10.7. The Kier molecular flexibility index (Phi) is 6.96. The minimum absolute atomic E-state index is 0.203. The first-order valence-electron chi connectivity index (χ1n) is 10.7. The molecule has 0 fully saturated rings. The topological polar surface area (TPSA) is 86.9 Å². The number of H-pyrrole nitrogens is 1. The third-order valence-electron chi connectivity index (χ3n) is 5.23. The maximum atomic E-state index is 12.9. The highest BCUT2D eigenvalue weighted by molar-refractivity contribution is 5.96. The molecule has 1 amide bonds. The lowest BCUT2D eigenvalue weighted by Crippen LogP contribution is -2.39. The van der Waals surface area contributed by atoms with Gasteiger partial charge in [-0.3, -0.25) is 9.59 Å². The quantitative estimate of drug-likeness (QED) is 0.311. The predicted octanol–water partition coefficient (Wildman–Crippen LogP) is 5.01. The molecule has 1 aromatic heterocycles. The molecule has 178 valence electrons. The first-order chi connectivity index (χ1) is 16.8. The highest BCUT2D eigenvalue weighted by Gasteiger charge is 2.36. The average Bonchev–Trinajstić information content (AvgIpc) is 3.28. The number of imidazole rings is 1. The van der Waals surface area contributed by atoms with Crippen molar-refractivity contribution in [2.75, 3.05) is 5.32 Å². The van der Waals surface area contributed by atoms with Crippen LogP contribution in [0.1, 0.15) is 5.56 Å². The highest BCUT2D eigenvalue weighted by Crippen LogP contribution is 2.22. The summed E-state index contributed by atoms with van der Waals surface area (Å²) in [4.78, 5) is 31.8. The van der Waals surface area contributed by atoms with Crippen LogP contribution in [-0.4, -0.2) is 33.9 Å². The number of nitrogens with one attached hydrogen (secondary N) is 3. The summed E-state index contributed by atoms with van der Waals surface area (Å²) >= 11 is 0. The van der Waals surface area contributed by atoms with Crippen LogP contribution in [0.3, 0.4) is 0 Å². The van der Waals surface area contributed by atoms with Crippen molar-refractivity contribution in [2.24, 2.45) is 0 Å². The van der Waals surface area contributed by atoms with E-state index in [9.17, 15) is 22.8 Å². The third kappa shape index (κ3) is 6.14. The summed E-state index contributed by atoms with van der Waals surface area (Å²) in [7, 11) is 0. The monoisotopic (exact) mass is 478 g/mol. The number of allylic oxidation sites excluding steroid dienone is 1. The van der Waals surface area contributed by atoms with Crippen LogP contribution in [0.25, 0.3) is 22.4 Å². The molecule has 0 aliphatic rings. The zero-order valence-corrected chi connectivity index (χ0v) is 18.3. The smallest absolute Gasteiger partial charge is 0.379 e. The largest absolute Gasteiger partial charge is 0.454 e. The summed E-state index contributed by atoms with van der Waals surface area (Å²) < 4.78 is 37.4. The van der Waals surface area contributed by atoms with Crippen molar-refractivity contribution in [1.29, 1.82) is 0 Å². The number of hydrogen-bond acceptors (Lipinski definition) is 4. The Morgan fingerprint density at radius 1 is 0.943 bits per heavy atom. The zero-order valence-electron chi connectivity index (χ0n) is 18.3. The van der Waals surface area contributed by atoms with Crippen molar-refractivity contribution >= 4 is 28.4 Å². The molecule has 0 spiro atoms. The number of para-hydroxylation sites is 2. The fourth-order valence-corrected chi connectivity index (χ4v) is 3.44. The number of aromatic nitrogens is 2. The Hall–Kier alpha value is -4.40. The number of hydrogen-bond donors (Lipinski definition) is 3. The highest BCUT2D eigenvalue weighted by atomic mass is 19.4. The van der Waals surface area contributed by atoms with E-state index in [2.05, 4.69) is 20.6 Å². The van der Waals surface area contributed by atoms with Crippen molar-refractivity contribution in [1.82, 2.24) is 15.3 Å². The molecular formula is C26H21F3N4O2. The fraction of sp³-hybridized carbons (Fsp3) is 0.115. The number of fused-ring (bicyclic) bond motifs is 1. The van der Waals surface area contributed by atoms with E-state index >= 15 is 0 Å². The van der Waals surface area contributed by atoms with Gasteiger partial charge in [-0.05, 0) is 42.0 Å². The van der Waals surface area contributed by atoms with Crippen molar-refractivity contribution in [3.8, 4) is 11.4 Å². The van der Waals surface area contributed by atoms with E-state index in [0.717, 1.165) is 28.4 Å². The lowest BCUT2D eigenvalue weighted by Gasteiger charge is -2.17. The molecule has 9 heteroatoms. The van der Waals surface area contributed by atoms with Crippen LogP contribution in [-0.2, 0) is 16.0 Å². The summed E-state index contributed by atoms with van der Waals surface area (Å²) in [5, 5.41) is 5.38. The molecule has 3 aromatic carbocycles. The van der Waals surface area contributed by atoms with Gasteiger partial charge in [-0.25, -0.2) is 4.98 Å². The van der Waals surface area contributed by atoms with E-state index in [4.69, 9.17) is 0 Å². The second kappa shape index (κ2) is 10.3. The Morgan fingerprint density at radius 3 is 2.31 bits per heavy atom. The van der Waals surface area contributed by atoms with Crippen molar-refractivity contribution in [3.63, 3.8) is 0 Å². The first kappa shape index (κ1) is 23.7. The molecule has 1 heterocycles. The van der Waals surface area contributed by atoms with Gasteiger partial charge in [-0.15, -0.1) is 0 Å². The number of carbonyl (C=O) groups is 2. The van der Waals surface area contributed by atoms with Gasteiger partial charge < -0.3 is 15.6 Å². The molecule has 1 unspecified atom stereocenters. The van der Waals surface area contributed by atoms with Gasteiger partial charge >= 0.3 is 6.18 Å². The average molecular weight is 478 g/mol. The molecule has 4 rings (SSSR count). The predicted molar refractivity (Wildman–Crippen MR) is 127 cm³/mol. The van der Waals surface area contributed by atoms with E-state index < -0.39 is 23.9 Å². The standard InChI is InChI=1S/C26H21F3N4O2/c27-26(28,29)23(34)14-15-30-22(16-17-6-2-1-3-7-17)25(35)31-19-12-10-18(11-13-19)24-32-20-8-4-5-9-21(20)33-24/h1-15,22,30H,16H2,(H,31,35)(H,32,33). The molecular weight excluding hydrogens is 457 g/mol. The van der Waals surface area contributed by atoms with E-state index in [1.54, 1.807) is 48.5 Å². The minimum atomic E-state index is -4.98. The molecule has 0 saturated heterocycles. The summed E-state index contributed by atoms with van der Waals surface area (Å²) in [5.74, 6) is -1.79. The number of nitrogens with zero attached hydrogens (tertiary/aromatic N) is 1. The van der Waals surface area contributed by atoms with Crippen molar-refractivity contribution < 1.29 is 22.8 Å². The molecule has 1 atom stereocenters. The zero-order chi connectivity index (χ0) is 24.8. The lowest BCUT2D eigenvalue weighted by atomic mass is 10.1. The normalized spacial score (nSPS) is 12.5. The maximum Gasteiger partial charge on any atom is 0.454 e. The van der Waals surface area contributed by atoms with Crippen LogP contribution in [0.15, 0.2) is 91.1 Å². The minimum Gasteiger partial charge on any atom is -0.379 e. The van der Waals surface area contributed by atoms with Gasteiger partial charge in [-0.1, -0.05) is 42.5 Å². The van der Waals surface area contributed by atoms with Crippen LogP contribution in [0.4, 0.5) is 18.9 Å². The molecule has 0 radical (unpaired) electrons. The van der Waals surface area contributed by atoms with Crippen molar-refractivity contribution in [2.45, 2.75) is 18.6 Å². The number of amides is 1. The number of rotatable bonds is 8. The van der Waals surface area contributed by atoms with Gasteiger partial charge in [0.2, 0.25) is 5.91 Å². The maximum absolute atomic E-state index is 12.9. The van der Waals surface area contributed by atoms with Crippen molar-refractivity contribution in [3.05, 3.63) is 96.7 Å². The van der Waals surface area contributed by atoms with Gasteiger partial charge in [0.1, 0.15) is 11.9 Å². The molecule has 3 N–H and O–H groups in total. The number of benzene rings is 3. The Morgan fingerprint density at radius 2 is 1.63 bits per heavy atom. The van der Waals surface area contributed by atoms with Crippen LogP contribution >= 0.6 is 0 Å². The van der Waals surface area contributed by atoms with Gasteiger partial charge in [0, 0.05) is 29.9 Å². The van der Waals surface area contributed by atoms with Crippen LogP contribution < -0.4 is 10.6 Å². The SMILES string of the molecule is O=C(Nc1ccc(-c2nc3ccccc3[nH]2)cc1)C(Cc1ccccc1)NC=CC(=O)C(F)(F)F. The molecule has 0 aliphatic heterocycles. The van der Waals surface area contributed by atoms with Gasteiger partial charge in [0.25, 0.3) is 5.78 Å². The van der Waals surface area contributed by atoms with Gasteiger partial charge in [0.15, 0.2) is 0 Å². The summed E-state index contributed by atoms with van der Waals surface area (Å²) in [6.07, 6.45) is -3.55. The number of halogens is 3. The molecule has 4 aromatic rings. The Balaban J connectivity index is 1.47. The number of ketones is 1. The van der Waals surface area contributed by atoms with Crippen LogP contribution in [0.5, 0.6) is 0 Å². The summed E-state index contributed by atoms with van der Waals surface area (Å²) in [6, 6.07) is 22.8. The second-order valence-corrected chi connectivity index (χ2v) is 7.77. The fourth-order valence-electron chi connectivity index (χ4n) is 3.44. The van der Waals surface area contributed by atoms with Gasteiger partial charge in [0.05, 0.1) is 11.0 Å². The number of aromatic amines is 1. The van der Waals surface area contributed by atoms with Gasteiger partial charge in [-0.2, -0.15) is 13.2 Å². The molecule has 0 aliphatic carbocycles. The lowest BCUT2D eigenvalue weighted by molar-refractivity contribution is -0.165. The van der Waals surface area contributed by atoms with Crippen LogP contribution in [0, 0.1) is 0 Å². The summed E-state index contributed by atoms with van der Waals surface area (Å²) in [6.45, 7) is 0. The molecule has 0 saturated carbocycles. The van der Waals surface area contributed by atoms with E-state index in [1.807, 2.05) is 30.3 Å².